The molecule has 168 valence electrons. The first kappa shape index (κ1) is 22.4. The van der Waals surface area contributed by atoms with Gasteiger partial charge in [0.2, 0.25) is 0 Å². The van der Waals surface area contributed by atoms with Crippen LogP contribution in [0.15, 0.2) is 48.0 Å². The number of likely N-dealkylation sites (tertiary alicyclic amines) is 1. The van der Waals surface area contributed by atoms with Crippen molar-refractivity contribution in [3.05, 3.63) is 69.8 Å². The van der Waals surface area contributed by atoms with Crippen molar-refractivity contribution in [3.8, 4) is 5.75 Å². The normalized spacial score (nSPS) is 21.8. The van der Waals surface area contributed by atoms with Gasteiger partial charge in [0, 0.05) is 23.6 Å². The van der Waals surface area contributed by atoms with Gasteiger partial charge in [-0.25, -0.2) is 0 Å². The number of Topliss-reactive ketones (excluding diaryl/α,β-unsaturated/α-hetero) is 1. The largest absolute Gasteiger partial charge is 0.507 e. The summed E-state index contributed by atoms with van der Waals surface area (Å²) in [6, 6.07) is 11.5. The molecule has 32 heavy (non-hydrogen) atoms. The molecule has 7 heteroatoms. The Bertz CT molecular complexity index is 1080. The van der Waals surface area contributed by atoms with Gasteiger partial charge in [-0.1, -0.05) is 23.7 Å². The van der Waals surface area contributed by atoms with Gasteiger partial charge in [0.25, 0.3) is 11.7 Å². The maximum absolute atomic E-state index is 13.1. The molecule has 6 nitrogen and oxygen atoms in total. The van der Waals surface area contributed by atoms with Crippen LogP contribution in [-0.4, -0.2) is 47.1 Å². The van der Waals surface area contributed by atoms with E-state index in [1.165, 1.54) is 4.90 Å². The monoisotopic (exact) mass is 455 g/mol. The number of halogens is 1. The van der Waals surface area contributed by atoms with Crippen LogP contribution in [0.4, 0.5) is 0 Å². The number of carbonyl (C=O) groups is 2. The molecule has 2 heterocycles. The molecule has 0 aromatic heterocycles. The van der Waals surface area contributed by atoms with Crippen molar-refractivity contribution in [2.24, 2.45) is 0 Å². The number of hydrogen-bond acceptors (Lipinski definition) is 5. The Morgan fingerprint density at radius 3 is 2.62 bits per heavy atom. The second kappa shape index (κ2) is 8.96. The predicted octanol–water partition coefficient (Wildman–Crippen LogP) is 4.51. The van der Waals surface area contributed by atoms with E-state index in [2.05, 4.69) is 0 Å². The van der Waals surface area contributed by atoms with Gasteiger partial charge in [-0.2, -0.15) is 0 Å². The van der Waals surface area contributed by atoms with Crippen LogP contribution in [0.5, 0.6) is 5.75 Å². The molecule has 2 aromatic carbocycles. The van der Waals surface area contributed by atoms with Crippen LogP contribution < -0.4 is 4.74 Å². The van der Waals surface area contributed by atoms with Gasteiger partial charge in [0.05, 0.1) is 24.3 Å². The first-order chi connectivity index (χ1) is 15.3. The fourth-order valence-corrected chi connectivity index (χ4v) is 4.34. The zero-order chi connectivity index (χ0) is 23.0. The first-order valence-corrected chi connectivity index (χ1v) is 11.1. The zero-order valence-corrected chi connectivity index (χ0v) is 19.1. The summed E-state index contributed by atoms with van der Waals surface area (Å²) < 4.78 is 11.3. The van der Waals surface area contributed by atoms with Crippen molar-refractivity contribution in [2.45, 2.75) is 45.4 Å². The number of rotatable bonds is 6. The third kappa shape index (κ3) is 4.25. The molecule has 0 bridgehead atoms. The number of ether oxygens (including phenoxy) is 2. The molecule has 0 saturated carbocycles. The van der Waals surface area contributed by atoms with E-state index in [1.54, 1.807) is 36.4 Å². The summed E-state index contributed by atoms with van der Waals surface area (Å²) >= 11 is 6.05. The number of ketones is 1. The number of nitrogens with zero attached hydrogens (tertiary/aromatic N) is 1. The fourth-order valence-electron chi connectivity index (χ4n) is 4.21. The highest BCUT2D eigenvalue weighted by molar-refractivity contribution is 6.46. The van der Waals surface area contributed by atoms with E-state index in [9.17, 15) is 14.7 Å². The van der Waals surface area contributed by atoms with Gasteiger partial charge in [-0.3, -0.25) is 9.59 Å². The van der Waals surface area contributed by atoms with Crippen LogP contribution in [0, 0.1) is 0 Å². The van der Waals surface area contributed by atoms with E-state index in [0.717, 1.165) is 17.7 Å². The molecule has 0 radical (unpaired) electrons. The number of fused-ring (bicyclic) bond motifs is 1. The highest BCUT2D eigenvalue weighted by Crippen LogP contribution is 2.40. The third-order valence-electron chi connectivity index (χ3n) is 5.68. The smallest absolute Gasteiger partial charge is 0.295 e. The molecular formula is C25H26ClNO5. The predicted molar refractivity (Wildman–Crippen MR) is 122 cm³/mol. The molecule has 2 atom stereocenters. The molecule has 1 N–H and O–H groups in total. The summed E-state index contributed by atoms with van der Waals surface area (Å²) in [4.78, 5) is 27.5. The Morgan fingerprint density at radius 2 is 1.94 bits per heavy atom. The molecule has 2 unspecified atom stereocenters. The Labute approximate surface area is 192 Å². The molecule has 2 aromatic rings. The van der Waals surface area contributed by atoms with Crippen LogP contribution in [-0.2, 0) is 20.7 Å². The Kier molecular flexibility index (Phi) is 6.26. The molecule has 4 rings (SSSR count). The van der Waals surface area contributed by atoms with Crippen LogP contribution in [0.3, 0.4) is 0 Å². The van der Waals surface area contributed by atoms with E-state index in [0.29, 0.717) is 16.1 Å². The lowest BCUT2D eigenvalue weighted by Crippen LogP contribution is -2.33. The average Bonchev–Trinajstić information content (AvgIpc) is 3.24. The number of aliphatic hydroxyl groups excluding tert-OH is 1. The minimum absolute atomic E-state index is 0.00294. The van der Waals surface area contributed by atoms with Gasteiger partial charge >= 0.3 is 0 Å². The van der Waals surface area contributed by atoms with E-state index < -0.39 is 17.7 Å². The molecule has 2 aliphatic rings. The molecule has 0 spiro atoms. The van der Waals surface area contributed by atoms with Crippen molar-refractivity contribution in [3.63, 3.8) is 0 Å². The van der Waals surface area contributed by atoms with Gasteiger partial charge in [0.15, 0.2) is 0 Å². The van der Waals surface area contributed by atoms with Crippen molar-refractivity contribution in [1.82, 2.24) is 4.90 Å². The van der Waals surface area contributed by atoms with Crippen molar-refractivity contribution in [1.29, 1.82) is 0 Å². The molecule has 0 aliphatic carbocycles. The number of aliphatic hydroxyl groups is 1. The summed E-state index contributed by atoms with van der Waals surface area (Å²) in [5, 5.41) is 11.7. The second-order valence-electron chi connectivity index (χ2n) is 8.42. The zero-order valence-electron chi connectivity index (χ0n) is 18.3. The summed E-state index contributed by atoms with van der Waals surface area (Å²) in [5.74, 6) is -0.790. The Morgan fingerprint density at radius 1 is 1.22 bits per heavy atom. The molecular weight excluding hydrogens is 430 g/mol. The highest BCUT2D eigenvalue weighted by atomic mass is 35.5. The lowest BCUT2D eigenvalue weighted by molar-refractivity contribution is -0.140. The molecule has 1 amide bonds. The topological polar surface area (TPSA) is 76.1 Å². The SMILES string of the molecule is CC(C)OCCN1C(=O)C(=O)/C(=C(\O)c2ccc3c(c2)CC(C)O3)C1c1ccc(Cl)cc1. The number of benzene rings is 2. The first-order valence-electron chi connectivity index (χ1n) is 10.7. The number of carbonyl (C=O) groups excluding carboxylic acids is 2. The Balaban J connectivity index is 1.77. The van der Waals surface area contributed by atoms with Crippen molar-refractivity contribution >= 4 is 29.1 Å². The van der Waals surface area contributed by atoms with Crippen LogP contribution in [0.2, 0.25) is 5.02 Å². The van der Waals surface area contributed by atoms with Gasteiger partial charge < -0.3 is 19.5 Å². The quantitative estimate of drug-likeness (QED) is 0.394. The minimum atomic E-state index is -0.730. The van der Waals surface area contributed by atoms with Crippen molar-refractivity contribution in [2.75, 3.05) is 13.2 Å². The standard InChI is InChI=1S/C25H26ClNO5/c1-14(2)31-11-10-27-22(16-4-7-19(26)8-5-16)21(24(29)25(27)30)23(28)17-6-9-20-18(13-17)12-15(3)32-20/h4-9,13-15,22,28H,10-12H2,1-3H3/b23-21-. The summed E-state index contributed by atoms with van der Waals surface area (Å²) in [7, 11) is 0. The van der Waals surface area contributed by atoms with Crippen LogP contribution in [0.1, 0.15) is 43.5 Å². The van der Waals surface area contributed by atoms with Gasteiger partial charge in [-0.15, -0.1) is 0 Å². The third-order valence-corrected chi connectivity index (χ3v) is 5.93. The maximum Gasteiger partial charge on any atom is 0.295 e. The molecule has 1 fully saturated rings. The lowest BCUT2D eigenvalue weighted by atomic mass is 9.94. The number of amides is 1. The van der Waals surface area contributed by atoms with E-state index in [1.807, 2.05) is 26.8 Å². The van der Waals surface area contributed by atoms with Crippen LogP contribution >= 0.6 is 11.6 Å². The van der Waals surface area contributed by atoms with E-state index in [4.69, 9.17) is 21.1 Å². The molecule has 1 saturated heterocycles. The summed E-state index contributed by atoms with van der Waals surface area (Å²) in [6.07, 6.45) is 0.776. The van der Waals surface area contributed by atoms with E-state index >= 15 is 0 Å². The highest BCUT2D eigenvalue weighted by Gasteiger charge is 2.46. The minimum Gasteiger partial charge on any atom is -0.507 e. The van der Waals surface area contributed by atoms with Gasteiger partial charge in [-0.05, 0) is 62.2 Å². The van der Waals surface area contributed by atoms with Gasteiger partial charge in [0.1, 0.15) is 17.6 Å². The van der Waals surface area contributed by atoms with Crippen LogP contribution in [0.25, 0.3) is 5.76 Å². The van der Waals surface area contributed by atoms with E-state index in [-0.39, 0.29) is 36.7 Å². The Hall–Kier alpha value is -2.83. The molecule has 2 aliphatic heterocycles. The fraction of sp³-hybridized carbons (Fsp3) is 0.360. The summed E-state index contributed by atoms with van der Waals surface area (Å²) in [5.41, 5.74) is 2.20. The maximum atomic E-state index is 13.1. The lowest BCUT2D eigenvalue weighted by Gasteiger charge is -2.25. The van der Waals surface area contributed by atoms with Crippen molar-refractivity contribution < 1.29 is 24.2 Å². The second-order valence-corrected chi connectivity index (χ2v) is 8.86. The number of hydrogen-bond donors (Lipinski definition) is 1. The summed E-state index contributed by atoms with van der Waals surface area (Å²) in [6.45, 7) is 6.29. The average molecular weight is 456 g/mol.